The van der Waals surface area contributed by atoms with Gasteiger partial charge in [-0.05, 0) is 13.8 Å². The molecule has 0 saturated heterocycles. The minimum atomic E-state index is 0. The Labute approximate surface area is 123 Å². The van der Waals surface area contributed by atoms with Crippen LogP contribution in [0, 0.1) is 25.7 Å². The van der Waals surface area contributed by atoms with Gasteiger partial charge in [0.15, 0.2) is 0 Å². The minimum absolute atomic E-state index is 0. The summed E-state index contributed by atoms with van der Waals surface area (Å²) in [6.45, 7) is 16.3. The largest absolute Gasteiger partial charge is 2.00 e. The van der Waals surface area contributed by atoms with Crippen LogP contribution in [0.2, 0.25) is 0 Å². The summed E-state index contributed by atoms with van der Waals surface area (Å²) in [7, 11) is 0. The van der Waals surface area contributed by atoms with Crippen LogP contribution >= 0.6 is 0 Å². The van der Waals surface area contributed by atoms with Crippen molar-refractivity contribution in [3.63, 3.8) is 0 Å². The van der Waals surface area contributed by atoms with Crippen molar-refractivity contribution >= 4 is 0 Å². The third-order valence-electron chi connectivity index (χ3n) is 2.56. The molecule has 0 heterocycles. The molecule has 0 N–H and O–H groups in total. The molecule has 0 amide bonds. The maximum absolute atomic E-state index is 3.94. The normalized spacial score (nSPS) is 14.0. The van der Waals surface area contributed by atoms with Crippen molar-refractivity contribution in [2.24, 2.45) is 11.8 Å². The van der Waals surface area contributed by atoms with E-state index in [4.69, 9.17) is 0 Å². The average Bonchev–Trinajstić information content (AvgIpc) is 2.33. The van der Waals surface area contributed by atoms with Gasteiger partial charge < -0.3 is 13.8 Å². The SMILES string of the molecule is [CH2-]C(CC)C/C=C/C.[CH2-]C(CC)C/C=C/C.[Zn+2]. The summed E-state index contributed by atoms with van der Waals surface area (Å²) >= 11 is 0. The van der Waals surface area contributed by atoms with Crippen LogP contribution in [0.4, 0.5) is 0 Å². The Morgan fingerprint density at radius 1 is 0.824 bits per heavy atom. The Kier molecular flexibility index (Phi) is 24.2. The second-order valence-electron chi connectivity index (χ2n) is 4.16. The number of allylic oxidation sites excluding steroid dienone is 4. The molecule has 0 aromatic rings. The van der Waals surface area contributed by atoms with Gasteiger partial charge in [-0.25, -0.2) is 0 Å². The second-order valence-corrected chi connectivity index (χ2v) is 4.16. The monoisotopic (exact) mass is 286 g/mol. The van der Waals surface area contributed by atoms with Crippen LogP contribution in [0.1, 0.15) is 53.4 Å². The fourth-order valence-electron chi connectivity index (χ4n) is 0.990. The first-order chi connectivity index (χ1) is 7.62. The van der Waals surface area contributed by atoms with Gasteiger partial charge in [-0.2, -0.15) is 11.8 Å². The maximum atomic E-state index is 3.94. The van der Waals surface area contributed by atoms with Crippen molar-refractivity contribution in [1.82, 2.24) is 0 Å². The molecule has 0 aliphatic carbocycles. The molecule has 0 aromatic carbocycles. The molecule has 1 heteroatoms. The van der Waals surface area contributed by atoms with Crippen LogP contribution in [-0.2, 0) is 19.5 Å². The van der Waals surface area contributed by atoms with Crippen LogP contribution in [0.5, 0.6) is 0 Å². The standard InChI is InChI=1S/2C8H15.Zn/c2*1-4-6-7-8(3)5-2;/h2*4,6,8H,3,5,7H2,1-2H3;/q2*-1;+2/b2*6-4+;. The summed E-state index contributed by atoms with van der Waals surface area (Å²) in [6.07, 6.45) is 13.1. The third-order valence-corrected chi connectivity index (χ3v) is 2.56. The third kappa shape index (κ3) is 21.9. The molecule has 0 aromatic heterocycles. The predicted octanol–water partition coefficient (Wildman–Crippen LogP) is 5.62. The molecule has 0 bridgehead atoms. The molecule has 0 nitrogen and oxygen atoms in total. The van der Waals surface area contributed by atoms with Crippen molar-refractivity contribution in [3.8, 4) is 0 Å². The van der Waals surface area contributed by atoms with E-state index < -0.39 is 0 Å². The Hall–Kier alpha value is 0.103. The van der Waals surface area contributed by atoms with E-state index in [1.54, 1.807) is 0 Å². The first-order valence-electron chi connectivity index (χ1n) is 6.50. The van der Waals surface area contributed by atoms with Gasteiger partial charge in [-0.1, -0.05) is 63.8 Å². The van der Waals surface area contributed by atoms with Crippen molar-refractivity contribution in [1.29, 1.82) is 0 Å². The van der Waals surface area contributed by atoms with Gasteiger partial charge in [-0.15, -0.1) is 0 Å². The van der Waals surface area contributed by atoms with E-state index in [-0.39, 0.29) is 19.5 Å². The van der Waals surface area contributed by atoms with Crippen molar-refractivity contribution in [2.45, 2.75) is 53.4 Å². The zero-order valence-electron chi connectivity index (χ0n) is 12.4. The van der Waals surface area contributed by atoms with Crippen molar-refractivity contribution in [3.05, 3.63) is 38.2 Å². The molecule has 96 valence electrons. The molecule has 2 unspecified atom stereocenters. The van der Waals surface area contributed by atoms with Crippen LogP contribution in [-0.4, -0.2) is 0 Å². The summed E-state index contributed by atoms with van der Waals surface area (Å²) in [5.41, 5.74) is 0. The number of rotatable bonds is 6. The molecule has 2 atom stereocenters. The average molecular weight is 288 g/mol. The molecule has 17 heavy (non-hydrogen) atoms. The Bertz CT molecular complexity index is 150. The second kappa shape index (κ2) is 18.5. The van der Waals surface area contributed by atoms with Gasteiger partial charge in [0.1, 0.15) is 0 Å². The van der Waals surface area contributed by atoms with Gasteiger partial charge in [0.05, 0.1) is 0 Å². The smallest absolute Gasteiger partial charge is 0.340 e. The summed E-state index contributed by atoms with van der Waals surface area (Å²) < 4.78 is 0. The predicted molar refractivity (Wildman–Crippen MR) is 77.1 cm³/mol. The Balaban J connectivity index is -0.000000218. The van der Waals surface area contributed by atoms with E-state index in [9.17, 15) is 0 Å². The van der Waals surface area contributed by atoms with Gasteiger partial charge in [-0.3, -0.25) is 0 Å². The van der Waals surface area contributed by atoms with Crippen LogP contribution in [0.3, 0.4) is 0 Å². The van der Waals surface area contributed by atoms with Gasteiger partial charge >= 0.3 is 19.5 Å². The van der Waals surface area contributed by atoms with E-state index in [2.05, 4.69) is 52.0 Å². The van der Waals surface area contributed by atoms with Crippen molar-refractivity contribution in [2.75, 3.05) is 0 Å². The van der Waals surface area contributed by atoms with E-state index in [1.807, 2.05) is 13.8 Å². The molecule has 0 radical (unpaired) electrons. The molecule has 0 aliphatic rings. The van der Waals surface area contributed by atoms with Gasteiger partial charge in [0.2, 0.25) is 0 Å². The number of hydrogen-bond donors (Lipinski definition) is 0. The summed E-state index contributed by atoms with van der Waals surface area (Å²) in [5, 5.41) is 0. The Morgan fingerprint density at radius 3 is 1.29 bits per heavy atom. The fourth-order valence-corrected chi connectivity index (χ4v) is 0.990. The molecule has 0 fully saturated rings. The van der Waals surface area contributed by atoms with Crippen LogP contribution in [0.15, 0.2) is 24.3 Å². The van der Waals surface area contributed by atoms with Gasteiger partial charge in [0.25, 0.3) is 0 Å². The molecule has 0 aliphatic heterocycles. The zero-order valence-corrected chi connectivity index (χ0v) is 15.4. The minimum Gasteiger partial charge on any atom is -0.340 e. The molecule has 0 saturated carbocycles. The summed E-state index contributed by atoms with van der Waals surface area (Å²) in [5.74, 6) is 1.23. The fraction of sp³-hybridized carbons (Fsp3) is 0.625. The maximum Gasteiger partial charge on any atom is 2.00 e. The zero-order chi connectivity index (χ0) is 12.8. The molecule has 0 rings (SSSR count). The van der Waals surface area contributed by atoms with Gasteiger partial charge in [0, 0.05) is 0 Å². The molecule has 0 spiro atoms. The Morgan fingerprint density at radius 2 is 1.12 bits per heavy atom. The quantitative estimate of drug-likeness (QED) is 0.338. The van der Waals surface area contributed by atoms with E-state index in [0.717, 1.165) is 12.8 Å². The van der Waals surface area contributed by atoms with Crippen LogP contribution in [0.25, 0.3) is 0 Å². The van der Waals surface area contributed by atoms with Crippen molar-refractivity contribution < 1.29 is 19.5 Å². The van der Waals surface area contributed by atoms with E-state index in [0.29, 0.717) is 11.8 Å². The number of hydrogen-bond acceptors (Lipinski definition) is 0. The van der Waals surface area contributed by atoms with Crippen LogP contribution < -0.4 is 0 Å². The molecular weight excluding hydrogens is 258 g/mol. The first kappa shape index (κ1) is 22.3. The molecular formula is C16H30Zn. The topological polar surface area (TPSA) is 0 Å². The van der Waals surface area contributed by atoms with E-state index in [1.165, 1.54) is 12.8 Å². The first-order valence-corrected chi connectivity index (χ1v) is 6.50. The summed E-state index contributed by atoms with van der Waals surface area (Å²) in [4.78, 5) is 0. The van der Waals surface area contributed by atoms with E-state index >= 15 is 0 Å². The summed E-state index contributed by atoms with van der Waals surface area (Å²) in [6, 6.07) is 0.